The van der Waals surface area contributed by atoms with Crippen LogP contribution in [0.15, 0.2) is 23.2 Å². The van der Waals surface area contributed by atoms with Crippen LogP contribution >= 0.6 is 11.6 Å². The number of aryl methyl sites for hydroxylation is 1. The normalized spacial score (nSPS) is 20.2. The average molecular weight is 399 g/mol. The summed E-state index contributed by atoms with van der Waals surface area (Å²) in [7, 11) is -3.46. The number of imidazole rings is 1. The number of nitrogens with zero attached hydrogens (tertiary/aromatic N) is 1. The first-order chi connectivity index (χ1) is 12.2. The SMILES string of the molecule is Cc1[nH]c([C@@H](OC2CC3(CC3)C2)c2ccc(F)c(Cl)c2)nc1S(C)(=O)=O. The summed E-state index contributed by atoms with van der Waals surface area (Å²) in [4.78, 5) is 7.29. The highest BCUT2D eigenvalue weighted by Crippen LogP contribution is 2.62. The van der Waals surface area contributed by atoms with Gasteiger partial charge in [0.1, 0.15) is 17.7 Å². The minimum absolute atomic E-state index is 0.00146. The minimum Gasteiger partial charge on any atom is -0.362 e. The number of aromatic amines is 1. The summed E-state index contributed by atoms with van der Waals surface area (Å²) >= 11 is 5.94. The standard InChI is InChI=1S/C18H20ClFN2O3S/c1-10-17(26(2,23)24)22-16(21-10)15(11-3-4-14(20)13(19)7-11)25-12-8-18(9-12)5-6-18/h3-4,7,12,15H,5-6,8-9H2,1-2H3,(H,21,22)/t15-/m0/s1. The van der Waals surface area contributed by atoms with Gasteiger partial charge in [-0.25, -0.2) is 17.8 Å². The van der Waals surface area contributed by atoms with Crippen LogP contribution in [0, 0.1) is 18.2 Å². The van der Waals surface area contributed by atoms with E-state index in [1.54, 1.807) is 13.0 Å². The molecule has 2 aromatic rings. The Morgan fingerprint density at radius 2 is 2.08 bits per heavy atom. The van der Waals surface area contributed by atoms with E-state index >= 15 is 0 Å². The number of rotatable bonds is 5. The molecular weight excluding hydrogens is 379 g/mol. The van der Waals surface area contributed by atoms with Gasteiger partial charge < -0.3 is 9.72 Å². The Labute approximate surface area is 156 Å². The van der Waals surface area contributed by atoms with Gasteiger partial charge in [-0.15, -0.1) is 0 Å². The van der Waals surface area contributed by atoms with E-state index in [0.717, 1.165) is 19.1 Å². The van der Waals surface area contributed by atoms with Crippen LogP contribution in [-0.2, 0) is 14.6 Å². The van der Waals surface area contributed by atoms with Gasteiger partial charge in [-0.3, -0.25) is 0 Å². The van der Waals surface area contributed by atoms with Gasteiger partial charge in [0, 0.05) is 6.26 Å². The monoisotopic (exact) mass is 398 g/mol. The second kappa shape index (κ2) is 6.04. The summed E-state index contributed by atoms with van der Waals surface area (Å²) in [5.74, 6) is -0.121. The van der Waals surface area contributed by atoms with Gasteiger partial charge in [0.25, 0.3) is 0 Å². The summed E-state index contributed by atoms with van der Waals surface area (Å²) in [5, 5.41) is -0.00318. The summed E-state index contributed by atoms with van der Waals surface area (Å²) < 4.78 is 43.6. The van der Waals surface area contributed by atoms with E-state index in [9.17, 15) is 12.8 Å². The molecule has 1 aromatic carbocycles. The molecule has 26 heavy (non-hydrogen) atoms. The number of hydrogen-bond acceptors (Lipinski definition) is 4. The summed E-state index contributed by atoms with van der Waals surface area (Å²) in [6.07, 6.45) is 5.07. The smallest absolute Gasteiger partial charge is 0.194 e. The highest BCUT2D eigenvalue weighted by molar-refractivity contribution is 7.90. The third-order valence-electron chi connectivity index (χ3n) is 5.31. The van der Waals surface area contributed by atoms with Gasteiger partial charge in [0.05, 0.1) is 16.8 Å². The fourth-order valence-electron chi connectivity index (χ4n) is 3.71. The lowest BCUT2D eigenvalue weighted by Gasteiger charge is -2.37. The fourth-order valence-corrected chi connectivity index (χ4v) is 4.77. The molecule has 4 rings (SSSR count). The Morgan fingerprint density at radius 1 is 1.38 bits per heavy atom. The van der Waals surface area contributed by atoms with Crippen molar-refractivity contribution in [3.05, 3.63) is 46.1 Å². The maximum Gasteiger partial charge on any atom is 0.194 e. The summed E-state index contributed by atoms with van der Waals surface area (Å²) in [5.41, 5.74) is 1.56. The van der Waals surface area contributed by atoms with Crippen molar-refractivity contribution in [2.24, 2.45) is 5.41 Å². The van der Waals surface area contributed by atoms with E-state index in [4.69, 9.17) is 16.3 Å². The van der Waals surface area contributed by atoms with Crippen LogP contribution in [0.3, 0.4) is 0 Å². The van der Waals surface area contributed by atoms with E-state index < -0.39 is 21.8 Å². The Hall–Kier alpha value is -1.44. The molecule has 0 radical (unpaired) electrons. The van der Waals surface area contributed by atoms with Gasteiger partial charge in [-0.2, -0.15) is 0 Å². The zero-order valence-electron chi connectivity index (χ0n) is 14.6. The quantitative estimate of drug-likeness (QED) is 0.827. The molecule has 2 fully saturated rings. The predicted octanol–water partition coefficient (Wildman–Crippen LogP) is 3.96. The van der Waals surface area contributed by atoms with Gasteiger partial charge in [-0.05, 0) is 55.7 Å². The number of nitrogens with one attached hydrogen (secondary N) is 1. The van der Waals surface area contributed by atoms with Crippen molar-refractivity contribution in [3.8, 4) is 0 Å². The lowest BCUT2D eigenvalue weighted by Crippen LogP contribution is -2.34. The molecule has 0 saturated heterocycles. The van der Waals surface area contributed by atoms with Gasteiger partial charge in [-0.1, -0.05) is 17.7 Å². The maximum atomic E-state index is 13.6. The first-order valence-electron chi connectivity index (χ1n) is 8.54. The molecule has 0 unspecified atom stereocenters. The molecule has 0 amide bonds. The Balaban J connectivity index is 1.68. The topological polar surface area (TPSA) is 72.0 Å². The van der Waals surface area contributed by atoms with Crippen LogP contribution < -0.4 is 0 Å². The molecular formula is C18H20ClFN2O3S. The summed E-state index contributed by atoms with van der Waals surface area (Å²) in [6.45, 7) is 1.66. The number of aromatic nitrogens is 2. The van der Waals surface area contributed by atoms with Crippen LogP contribution in [-0.4, -0.2) is 30.7 Å². The first-order valence-corrected chi connectivity index (χ1v) is 10.8. The van der Waals surface area contributed by atoms with Gasteiger partial charge >= 0.3 is 0 Å². The van der Waals surface area contributed by atoms with Crippen LogP contribution in [0.5, 0.6) is 0 Å². The molecule has 1 heterocycles. The molecule has 0 bridgehead atoms. The minimum atomic E-state index is -3.46. The second-order valence-electron chi connectivity index (χ2n) is 7.54. The number of halogens is 2. The second-order valence-corrected chi connectivity index (χ2v) is 9.88. The Kier molecular flexibility index (Phi) is 4.17. The van der Waals surface area contributed by atoms with Crippen molar-refractivity contribution in [3.63, 3.8) is 0 Å². The third-order valence-corrected chi connectivity index (χ3v) is 6.70. The molecule has 5 nitrogen and oxygen atoms in total. The number of H-pyrrole nitrogens is 1. The van der Waals surface area contributed by atoms with Crippen LogP contribution in [0.4, 0.5) is 4.39 Å². The molecule has 2 aliphatic rings. The zero-order valence-corrected chi connectivity index (χ0v) is 16.1. The predicted molar refractivity (Wildman–Crippen MR) is 95.5 cm³/mol. The molecule has 1 N–H and O–H groups in total. The Bertz CT molecular complexity index is 961. The molecule has 140 valence electrons. The van der Waals surface area contributed by atoms with E-state index in [0.29, 0.717) is 22.5 Å². The lowest BCUT2D eigenvalue weighted by molar-refractivity contribution is -0.0732. The van der Waals surface area contributed by atoms with Crippen molar-refractivity contribution < 1.29 is 17.5 Å². The van der Waals surface area contributed by atoms with E-state index in [1.165, 1.54) is 25.0 Å². The maximum absolute atomic E-state index is 13.6. The number of ether oxygens (including phenoxy) is 1. The largest absolute Gasteiger partial charge is 0.362 e. The number of sulfone groups is 1. The van der Waals surface area contributed by atoms with Crippen molar-refractivity contribution in [2.45, 2.75) is 49.8 Å². The van der Waals surface area contributed by atoms with E-state index in [1.807, 2.05) is 0 Å². The molecule has 1 aromatic heterocycles. The highest BCUT2D eigenvalue weighted by Gasteiger charge is 2.54. The van der Waals surface area contributed by atoms with Crippen molar-refractivity contribution in [1.82, 2.24) is 9.97 Å². The molecule has 2 aliphatic carbocycles. The van der Waals surface area contributed by atoms with Crippen LogP contribution in [0.25, 0.3) is 0 Å². The van der Waals surface area contributed by atoms with Gasteiger partial charge in [0.15, 0.2) is 14.9 Å². The molecule has 1 atom stereocenters. The lowest BCUT2D eigenvalue weighted by atomic mass is 9.79. The third kappa shape index (κ3) is 3.28. The number of hydrogen-bond donors (Lipinski definition) is 1. The Morgan fingerprint density at radius 3 is 2.62 bits per heavy atom. The van der Waals surface area contributed by atoms with Crippen molar-refractivity contribution in [2.75, 3.05) is 6.26 Å². The molecule has 2 saturated carbocycles. The fraction of sp³-hybridized carbons (Fsp3) is 0.500. The molecule has 1 spiro atoms. The van der Waals surface area contributed by atoms with Crippen molar-refractivity contribution >= 4 is 21.4 Å². The average Bonchev–Trinajstić information content (AvgIpc) is 3.21. The van der Waals surface area contributed by atoms with E-state index in [-0.39, 0.29) is 16.2 Å². The van der Waals surface area contributed by atoms with Crippen molar-refractivity contribution in [1.29, 1.82) is 0 Å². The van der Waals surface area contributed by atoms with Crippen LogP contribution in [0.2, 0.25) is 5.02 Å². The van der Waals surface area contributed by atoms with Gasteiger partial charge in [0.2, 0.25) is 0 Å². The zero-order chi connectivity index (χ0) is 18.7. The molecule has 8 heteroatoms. The first kappa shape index (κ1) is 17.9. The molecule has 0 aliphatic heterocycles. The number of benzene rings is 1. The highest BCUT2D eigenvalue weighted by atomic mass is 35.5. The summed E-state index contributed by atoms with van der Waals surface area (Å²) in [6, 6.07) is 4.38. The van der Waals surface area contributed by atoms with Crippen LogP contribution in [0.1, 0.15) is 48.9 Å². The van der Waals surface area contributed by atoms with E-state index in [2.05, 4.69) is 9.97 Å².